The number of phenols is 1. The van der Waals surface area contributed by atoms with Crippen molar-refractivity contribution in [3.63, 3.8) is 0 Å². The average molecular weight is 170 g/mol. The molecule has 0 aliphatic carbocycles. The van der Waals surface area contributed by atoms with Crippen molar-refractivity contribution in [2.45, 2.75) is 6.92 Å². The van der Waals surface area contributed by atoms with Gasteiger partial charge in [0, 0.05) is 0 Å². The number of rotatable bonds is 1. The van der Waals surface area contributed by atoms with Gasteiger partial charge in [0.25, 0.3) is 0 Å². The topological polar surface area (TPSA) is 60.7 Å². The fourth-order valence-electron chi connectivity index (χ4n) is 0.563. The van der Waals surface area contributed by atoms with Gasteiger partial charge in [0.2, 0.25) is 0 Å². The lowest BCUT2D eigenvalue weighted by molar-refractivity contribution is 0.186. The first-order valence-electron chi connectivity index (χ1n) is 3.68. The third-order valence-electron chi connectivity index (χ3n) is 1.22. The number of phenolic OH excluding ortho intramolecular Hbond substituents is 1. The summed E-state index contributed by atoms with van der Waals surface area (Å²) < 4.78 is 0. The molecule has 0 atom stereocenters. The number of aliphatic hydroxyl groups is 2. The summed E-state index contributed by atoms with van der Waals surface area (Å²) in [6.45, 7) is 1.62. The van der Waals surface area contributed by atoms with Crippen molar-refractivity contribution in [1.29, 1.82) is 0 Å². The molecule has 0 saturated heterocycles. The Morgan fingerprint density at radius 1 is 1.08 bits per heavy atom. The Kier molecular flexibility index (Phi) is 6.05. The standard InChI is InChI=1S/C7H8O.C2H6O2/c1-6-4-2-3-5-7(6)8;3-1-2-4/h2-5,8H,1H3;3-4H,1-2H2. The van der Waals surface area contributed by atoms with Crippen LogP contribution in [0.25, 0.3) is 0 Å². The summed E-state index contributed by atoms with van der Waals surface area (Å²) in [5.74, 6) is 0.368. The zero-order valence-electron chi connectivity index (χ0n) is 7.07. The molecule has 0 fully saturated rings. The molecule has 0 aliphatic rings. The minimum Gasteiger partial charge on any atom is -0.508 e. The van der Waals surface area contributed by atoms with Gasteiger partial charge in [-0.2, -0.15) is 0 Å². The van der Waals surface area contributed by atoms with Crippen LogP contribution in [0.1, 0.15) is 5.56 Å². The normalized spacial score (nSPS) is 8.58. The van der Waals surface area contributed by atoms with E-state index >= 15 is 0 Å². The zero-order chi connectivity index (χ0) is 9.40. The van der Waals surface area contributed by atoms with E-state index < -0.39 is 0 Å². The van der Waals surface area contributed by atoms with Crippen LogP contribution in [0.15, 0.2) is 24.3 Å². The smallest absolute Gasteiger partial charge is 0.118 e. The first-order chi connectivity index (χ1) is 5.72. The number of aliphatic hydroxyl groups excluding tert-OH is 2. The Balaban J connectivity index is 0.000000261. The lowest BCUT2D eigenvalue weighted by Gasteiger charge is -1.92. The van der Waals surface area contributed by atoms with Gasteiger partial charge in [0.1, 0.15) is 5.75 Å². The van der Waals surface area contributed by atoms with E-state index in [0.29, 0.717) is 5.75 Å². The molecule has 3 heteroatoms. The quantitative estimate of drug-likeness (QED) is 0.580. The zero-order valence-corrected chi connectivity index (χ0v) is 7.07. The molecule has 0 amide bonds. The summed E-state index contributed by atoms with van der Waals surface area (Å²) in [5.41, 5.74) is 0.924. The monoisotopic (exact) mass is 170 g/mol. The Labute approximate surface area is 71.9 Å². The van der Waals surface area contributed by atoms with E-state index in [1.54, 1.807) is 6.07 Å². The molecular weight excluding hydrogens is 156 g/mol. The van der Waals surface area contributed by atoms with Crippen LogP contribution in [0.2, 0.25) is 0 Å². The van der Waals surface area contributed by atoms with Gasteiger partial charge in [0.15, 0.2) is 0 Å². The maximum absolute atomic E-state index is 8.92. The van der Waals surface area contributed by atoms with E-state index in [-0.39, 0.29) is 13.2 Å². The third kappa shape index (κ3) is 4.71. The molecule has 0 aromatic heterocycles. The summed E-state index contributed by atoms with van der Waals surface area (Å²) in [6.07, 6.45) is 0. The molecule has 1 rings (SSSR count). The van der Waals surface area contributed by atoms with E-state index in [4.69, 9.17) is 15.3 Å². The van der Waals surface area contributed by atoms with E-state index in [9.17, 15) is 0 Å². The van der Waals surface area contributed by atoms with Crippen molar-refractivity contribution in [3.05, 3.63) is 29.8 Å². The molecule has 68 valence electrons. The Hall–Kier alpha value is -1.06. The minimum absolute atomic E-state index is 0.125. The highest BCUT2D eigenvalue weighted by molar-refractivity contribution is 5.29. The number of aryl methyl sites for hydroxylation is 1. The molecule has 0 radical (unpaired) electrons. The van der Waals surface area contributed by atoms with Crippen LogP contribution in [-0.4, -0.2) is 28.5 Å². The van der Waals surface area contributed by atoms with Crippen molar-refractivity contribution in [3.8, 4) is 5.75 Å². The van der Waals surface area contributed by atoms with Gasteiger partial charge in [-0.05, 0) is 18.6 Å². The van der Waals surface area contributed by atoms with Crippen LogP contribution in [0.3, 0.4) is 0 Å². The van der Waals surface area contributed by atoms with Crippen LogP contribution in [0, 0.1) is 6.92 Å². The maximum atomic E-state index is 8.92. The van der Waals surface area contributed by atoms with Crippen LogP contribution in [0.4, 0.5) is 0 Å². The van der Waals surface area contributed by atoms with Gasteiger partial charge < -0.3 is 15.3 Å². The molecular formula is C9H14O3. The second kappa shape index (κ2) is 6.64. The lowest BCUT2D eigenvalue weighted by atomic mass is 10.2. The second-order valence-corrected chi connectivity index (χ2v) is 2.23. The SMILES string of the molecule is Cc1ccccc1O.OCCO. The van der Waals surface area contributed by atoms with E-state index in [1.807, 2.05) is 25.1 Å². The van der Waals surface area contributed by atoms with Crippen LogP contribution < -0.4 is 0 Å². The fraction of sp³-hybridized carbons (Fsp3) is 0.333. The van der Waals surface area contributed by atoms with Gasteiger partial charge in [-0.25, -0.2) is 0 Å². The fourth-order valence-corrected chi connectivity index (χ4v) is 0.563. The maximum Gasteiger partial charge on any atom is 0.118 e. The van der Waals surface area contributed by atoms with Gasteiger partial charge in [0.05, 0.1) is 13.2 Å². The van der Waals surface area contributed by atoms with Gasteiger partial charge in [-0.1, -0.05) is 18.2 Å². The van der Waals surface area contributed by atoms with Crippen molar-refractivity contribution in [1.82, 2.24) is 0 Å². The summed E-state index contributed by atoms with van der Waals surface area (Å²) in [7, 11) is 0. The van der Waals surface area contributed by atoms with Gasteiger partial charge in [-0.3, -0.25) is 0 Å². The summed E-state index contributed by atoms with van der Waals surface area (Å²) in [6, 6.07) is 7.25. The predicted molar refractivity (Wildman–Crippen MR) is 47.0 cm³/mol. The van der Waals surface area contributed by atoms with Crippen LogP contribution in [-0.2, 0) is 0 Å². The van der Waals surface area contributed by atoms with Crippen molar-refractivity contribution >= 4 is 0 Å². The number of para-hydroxylation sites is 1. The molecule has 1 aromatic rings. The minimum atomic E-state index is -0.125. The number of benzene rings is 1. The van der Waals surface area contributed by atoms with Gasteiger partial charge in [-0.15, -0.1) is 0 Å². The van der Waals surface area contributed by atoms with Crippen molar-refractivity contribution in [2.24, 2.45) is 0 Å². The number of aromatic hydroxyl groups is 1. The third-order valence-corrected chi connectivity index (χ3v) is 1.22. The molecule has 1 aromatic carbocycles. The molecule has 3 N–H and O–H groups in total. The summed E-state index contributed by atoms with van der Waals surface area (Å²) in [5, 5.41) is 24.2. The largest absolute Gasteiger partial charge is 0.508 e. The average Bonchev–Trinajstić information content (AvgIpc) is 2.11. The van der Waals surface area contributed by atoms with Crippen molar-refractivity contribution < 1.29 is 15.3 Å². The first kappa shape index (κ1) is 10.9. The predicted octanol–water partition coefficient (Wildman–Crippen LogP) is 0.672. The molecule has 3 nitrogen and oxygen atoms in total. The molecule has 0 saturated carbocycles. The molecule has 0 unspecified atom stereocenters. The highest BCUT2D eigenvalue weighted by Crippen LogP contribution is 2.12. The highest BCUT2D eigenvalue weighted by Gasteiger charge is 1.86. The van der Waals surface area contributed by atoms with E-state index in [2.05, 4.69) is 0 Å². The number of hydrogen-bond acceptors (Lipinski definition) is 3. The van der Waals surface area contributed by atoms with Gasteiger partial charge >= 0.3 is 0 Å². The highest BCUT2D eigenvalue weighted by atomic mass is 16.3. The first-order valence-corrected chi connectivity index (χ1v) is 3.68. The number of hydrogen-bond donors (Lipinski definition) is 3. The van der Waals surface area contributed by atoms with E-state index in [1.165, 1.54) is 0 Å². The van der Waals surface area contributed by atoms with Crippen LogP contribution in [0.5, 0.6) is 5.75 Å². The summed E-state index contributed by atoms with van der Waals surface area (Å²) >= 11 is 0. The lowest BCUT2D eigenvalue weighted by Crippen LogP contribution is -1.85. The molecule has 0 bridgehead atoms. The molecule has 12 heavy (non-hydrogen) atoms. The second-order valence-electron chi connectivity index (χ2n) is 2.23. The Morgan fingerprint density at radius 3 is 1.83 bits per heavy atom. The molecule has 0 spiro atoms. The Morgan fingerprint density at radius 2 is 1.58 bits per heavy atom. The Bertz CT molecular complexity index is 188. The summed E-state index contributed by atoms with van der Waals surface area (Å²) in [4.78, 5) is 0. The van der Waals surface area contributed by atoms with E-state index in [0.717, 1.165) is 5.56 Å². The molecule has 0 heterocycles. The van der Waals surface area contributed by atoms with Crippen molar-refractivity contribution in [2.75, 3.05) is 13.2 Å². The molecule has 0 aliphatic heterocycles. The van der Waals surface area contributed by atoms with Crippen LogP contribution >= 0.6 is 0 Å².